The van der Waals surface area contributed by atoms with Gasteiger partial charge >= 0.3 is 23.9 Å². The van der Waals surface area contributed by atoms with Crippen molar-refractivity contribution in [1.82, 2.24) is 15.0 Å². The van der Waals surface area contributed by atoms with Crippen LogP contribution in [0.3, 0.4) is 0 Å². The van der Waals surface area contributed by atoms with Crippen molar-refractivity contribution in [3.63, 3.8) is 0 Å². The van der Waals surface area contributed by atoms with Crippen LogP contribution in [0, 0.1) is 23.7 Å². The summed E-state index contributed by atoms with van der Waals surface area (Å²) in [5.41, 5.74) is 0.566. The van der Waals surface area contributed by atoms with Crippen molar-refractivity contribution in [2.75, 3.05) is 6.61 Å². The van der Waals surface area contributed by atoms with E-state index in [-0.39, 0.29) is 59.9 Å². The molecule has 1 aromatic carbocycles. The van der Waals surface area contributed by atoms with Crippen molar-refractivity contribution in [3.05, 3.63) is 30.5 Å². The topological polar surface area (TPSA) is 205 Å². The third-order valence-corrected chi connectivity index (χ3v) is 8.26. The van der Waals surface area contributed by atoms with Crippen LogP contribution in [-0.4, -0.2) is 78.3 Å². The summed E-state index contributed by atoms with van der Waals surface area (Å²) < 4.78 is 55.1. The number of nitrogens with zero attached hydrogens (tertiary/aromatic N) is 3. The fraction of sp³-hybridized carbons (Fsp3) is 0.647. The Hall–Kier alpha value is -3.89. The van der Waals surface area contributed by atoms with Gasteiger partial charge < -0.3 is 23.7 Å². The maximum Gasteiger partial charge on any atom is 0.306 e. The average Bonchev–Trinajstić information content (AvgIpc) is 3.46. The van der Waals surface area contributed by atoms with Crippen LogP contribution in [0.25, 0.3) is 11.3 Å². The Morgan fingerprint density at radius 1 is 0.780 bits per heavy atom. The summed E-state index contributed by atoms with van der Waals surface area (Å²) in [5, 5.41) is 13.7. The van der Waals surface area contributed by atoms with Crippen LogP contribution >= 0.6 is 0 Å². The zero-order valence-corrected chi connectivity index (χ0v) is 30.8. The highest BCUT2D eigenvalue weighted by Crippen LogP contribution is 2.36. The van der Waals surface area contributed by atoms with Crippen LogP contribution < -0.4 is 5.14 Å². The maximum absolute atomic E-state index is 13.3. The van der Waals surface area contributed by atoms with Gasteiger partial charge in [0.15, 0.2) is 24.5 Å². The van der Waals surface area contributed by atoms with Gasteiger partial charge in [-0.1, -0.05) is 72.7 Å². The molecule has 0 bridgehead atoms. The summed E-state index contributed by atoms with van der Waals surface area (Å²) in [7, 11) is -4.03. The Morgan fingerprint density at radius 3 is 1.80 bits per heavy atom. The zero-order valence-electron chi connectivity index (χ0n) is 29.9. The van der Waals surface area contributed by atoms with Crippen molar-refractivity contribution < 1.29 is 51.3 Å². The Labute approximate surface area is 293 Å². The molecule has 1 fully saturated rings. The van der Waals surface area contributed by atoms with E-state index in [1.807, 2.05) is 55.4 Å². The third-order valence-electron chi connectivity index (χ3n) is 7.35. The zero-order chi connectivity index (χ0) is 37.3. The number of primary sulfonamides is 1. The molecule has 3 rings (SSSR count). The Morgan fingerprint density at radius 2 is 1.28 bits per heavy atom. The van der Waals surface area contributed by atoms with E-state index in [0.29, 0.717) is 5.56 Å². The Bertz CT molecular complexity index is 1590. The maximum atomic E-state index is 13.3. The molecular weight excluding hydrogens is 672 g/mol. The minimum atomic E-state index is -4.03. The van der Waals surface area contributed by atoms with Crippen molar-refractivity contribution in [3.8, 4) is 11.3 Å². The lowest BCUT2D eigenvalue weighted by Gasteiger charge is -2.44. The average molecular weight is 723 g/mol. The van der Waals surface area contributed by atoms with Gasteiger partial charge in [0.25, 0.3) is 0 Å². The molecule has 16 heteroatoms. The van der Waals surface area contributed by atoms with Crippen LogP contribution in [0.5, 0.6) is 0 Å². The lowest BCUT2D eigenvalue weighted by atomic mass is 9.96. The van der Waals surface area contributed by atoms with E-state index in [9.17, 15) is 27.6 Å². The van der Waals surface area contributed by atoms with Crippen LogP contribution in [0.1, 0.15) is 87.3 Å². The van der Waals surface area contributed by atoms with Gasteiger partial charge in [0.2, 0.25) is 10.0 Å². The number of hydrogen-bond donors (Lipinski definition) is 1. The molecule has 15 nitrogen and oxygen atoms in total. The number of ether oxygens (including phenoxy) is 5. The van der Waals surface area contributed by atoms with Gasteiger partial charge in [-0.15, -0.1) is 5.10 Å². The highest BCUT2D eigenvalue weighted by atomic mass is 32.2. The molecule has 0 amide bonds. The fourth-order valence-electron chi connectivity index (χ4n) is 5.18. The minimum absolute atomic E-state index is 0.00185. The van der Waals surface area contributed by atoms with E-state index in [0.717, 1.165) is 0 Å². The second kappa shape index (κ2) is 17.9. The van der Waals surface area contributed by atoms with E-state index in [1.54, 1.807) is 6.07 Å². The van der Waals surface area contributed by atoms with Crippen molar-refractivity contribution in [2.24, 2.45) is 28.8 Å². The van der Waals surface area contributed by atoms with Gasteiger partial charge in [0, 0.05) is 31.2 Å². The molecule has 278 valence electrons. The van der Waals surface area contributed by atoms with Crippen LogP contribution in [-0.2, 0) is 52.9 Å². The number of hydrogen-bond acceptors (Lipinski definition) is 13. The first kappa shape index (κ1) is 40.5. The van der Waals surface area contributed by atoms with E-state index in [4.69, 9.17) is 28.8 Å². The molecule has 2 N–H and O–H groups in total. The van der Waals surface area contributed by atoms with Gasteiger partial charge in [-0.2, -0.15) is 0 Å². The van der Waals surface area contributed by atoms with Gasteiger partial charge in [0.05, 0.1) is 11.1 Å². The number of benzene rings is 1. The van der Waals surface area contributed by atoms with Crippen molar-refractivity contribution in [2.45, 2.75) is 117 Å². The fourth-order valence-corrected chi connectivity index (χ4v) is 5.74. The van der Waals surface area contributed by atoms with Gasteiger partial charge in [-0.25, -0.2) is 18.2 Å². The van der Waals surface area contributed by atoms with Gasteiger partial charge in [-0.05, 0) is 35.8 Å². The molecule has 2 heterocycles. The van der Waals surface area contributed by atoms with E-state index < -0.39 is 71.2 Å². The predicted octanol–water partition coefficient (Wildman–Crippen LogP) is 3.95. The van der Waals surface area contributed by atoms with E-state index >= 15 is 0 Å². The number of rotatable bonds is 16. The first-order valence-electron chi connectivity index (χ1n) is 16.8. The number of nitrogens with two attached hydrogens (primary N) is 1. The number of aromatic nitrogens is 3. The summed E-state index contributed by atoms with van der Waals surface area (Å²) in [6.07, 6.45) is -5.16. The second-order valence-corrected chi connectivity index (χ2v) is 15.7. The summed E-state index contributed by atoms with van der Waals surface area (Å²) in [4.78, 5) is 52.1. The highest BCUT2D eigenvalue weighted by Gasteiger charge is 2.54. The molecule has 0 aliphatic carbocycles. The molecule has 1 saturated heterocycles. The molecule has 50 heavy (non-hydrogen) atoms. The molecule has 0 unspecified atom stereocenters. The molecular formula is C34H50N4O11S. The largest absolute Gasteiger partial charge is 0.463 e. The summed E-state index contributed by atoms with van der Waals surface area (Å²) >= 11 is 0. The van der Waals surface area contributed by atoms with Gasteiger partial charge in [-0.3, -0.25) is 19.2 Å². The normalized spacial score (nSPS) is 21.0. The first-order valence-corrected chi connectivity index (χ1v) is 18.3. The van der Waals surface area contributed by atoms with Crippen LogP contribution in [0.15, 0.2) is 35.4 Å². The molecule has 5 atom stereocenters. The van der Waals surface area contributed by atoms with Gasteiger partial charge in [0.1, 0.15) is 18.4 Å². The minimum Gasteiger partial charge on any atom is -0.463 e. The van der Waals surface area contributed by atoms with Crippen molar-refractivity contribution in [1.29, 1.82) is 0 Å². The third kappa shape index (κ3) is 12.2. The van der Waals surface area contributed by atoms with E-state index in [1.165, 1.54) is 29.1 Å². The number of carbonyl (C=O) groups excluding carboxylic acids is 4. The second-order valence-electron chi connectivity index (χ2n) is 14.2. The van der Waals surface area contributed by atoms with Crippen LogP contribution in [0.4, 0.5) is 0 Å². The number of sulfonamides is 1. The molecule has 0 radical (unpaired) electrons. The summed E-state index contributed by atoms with van der Waals surface area (Å²) in [5.74, 6) is -2.70. The molecule has 2 aromatic rings. The molecule has 1 aliphatic rings. The molecule has 1 aromatic heterocycles. The predicted molar refractivity (Wildman–Crippen MR) is 179 cm³/mol. The van der Waals surface area contributed by atoms with Crippen molar-refractivity contribution >= 4 is 33.9 Å². The van der Waals surface area contributed by atoms with E-state index in [2.05, 4.69) is 10.3 Å². The molecule has 0 spiro atoms. The standard InChI is InChI=1S/C34H50N4O11S/c1-19(2)12-27(39)45-18-26-31(47-28(40)13-20(3)4)32(48-29(41)14-21(5)6)33(49-30(42)15-22(7)8)34(46-26)38-17-25(36-37-38)23-10-9-11-24(16-23)50(35,43)44/h9-11,16-17,19-22,26,31-34H,12-15,18H2,1-8H3,(H2,35,43,44)/t26-,31+,32+,33-,34-/m1/s1. The summed E-state index contributed by atoms with van der Waals surface area (Å²) in [6, 6.07) is 5.75. The Balaban J connectivity index is 2.16. The highest BCUT2D eigenvalue weighted by molar-refractivity contribution is 7.89. The Kier molecular flexibility index (Phi) is 14.5. The lowest BCUT2D eigenvalue weighted by molar-refractivity contribution is -0.272. The number of carbonyl (C=O) groups is 4. The van der Waals surface area contributed by atoms with Crippen LogP contribution in [0.2, 0.25) is 0 Å². The molecule has 0 saturated carbocycles. The quantitative estimate of drug-likeness (QED) is 0.193. The summed E-state index contributed by atoms with van der Waals surface area (Å²) in [6.45, 7) is 14.3. The molecule has 1 aliphatic heterocycles. The lowest BCUT2D eigenvalue weighted by Crippen LogP contribution is -2.61. The smallest absolute Gasteiger partial charge is 0.306 e. The SMILES string of the molecule is CC(C)CC(=O)OC[C@H]1O[C@@H](n2cc(-c3cccc(S(N)(=O)=O)c3)nn2)[C@H](OC(=O)CC(C)C)[C@@H](OC(=O)CC(C)C)[C@H]1OC(=O)CC(C)C. The number of esters is 4. The monoisotopic (exact) mass is 722 g/mol. The first-order chi connectivity index (χ1) is 23.3.